The molecule has 1 aromatic carbocycles. The van der Waals surface area contributed by atoms with Crippen LogP contribution in [-0.4, -0.2) is 32.4 Å². The predicted octanol–water partition coefficient (Wildman–Crippen LogP) is 1.22. The first-order chi connectivity index (χ1) is 10.7. The summed E-state index contributed by atoms with van der Waals surface area (Å²) < 4.78 is 0. The molecule has 0 atom stereocenters. The Kier molecular flexibility index (Phi) is 4.29. The van der Waals surface area contributed by atoms with Crippen LogP contribution in [0.5, 0.6) is 0 Å². The van der Waals surface area contributed by atoms with Crippen LogP contribution >= 0.6 is 11.3 Å². The number of carbonyl (C=O) groups excluding carboxylic acids is 1. The van der Waals surface area contributed by atoms with E-state index < -0.39 is 0 Å². The number of aromatic nitrogens is 4. The van der Waals surface area contributed by atoms with E-state index in [2.05, 4.69) is 20.5 Å². The van der Waals surface area contributed by atoms with Gasteiger partial charge in [-0.25, -0.2) is 4.98 Å². The smallest absolute Gasteiger partial charge is 0.243 e. The first-order valence-electron chi connectivity index (χ1n) is 6.97. The lowest BCUT2D eigenvalue weighted by molar-refractivity contribution is -0.122. The largest absolute Gasteiger partial charge is 0.375 e. The van der Waals surface area contributed by atoms with Gasteiger partial charge in [-0.05, 0) is 25.0 Å². The Labute approximate surface area is 131 Å². The van der Waals surface area contributed by atoms with E-state index in [1.54, 1.807) is 0 Å². The zero-order valence-corrected chi connectivity index (χ0v) is 12.7. The molecule has 22 heavy (non-hydrogen) atoms. The number of benzene rings is 1. The number of thiazole rings is 1. The molecule has 114 valence electrons. The molecule has 0 saturated heterocycles. The summed E-state index contributed by atoms with van der Waals surface area (Å²) in [5.74, 6) is -0.0990. The highest BCUT2D eigenvalue weighted by atomic mass is 32.1. The molecule has 8 heteroatoms. The summed E-state index contributed by atoms with van der Waals surface area (Å²) in [6.07, 6.45) is 1.63. The van der Waals surface area contributed by atoms with Crippen LogP contribution in [0.4, 0.5) is 5.13 Å². The lowest BCUT2D eigenvalue weighted by atomic mass is 10.2. The Hall–Kier alpha value is -2.48. The van der Waals surface area contributed by atoms with E-state index in [1.807, 2.05) is 29.6 Å². The molecule has 3 N–H and O–H groups in total. The molecule has 0 unspecified atom stereocenters. The van der Waals surface area contributed by atoms with Gasteiger partial charge in [0.15, 0.2) is 5.13 Å². The molecule has 2 aromatic heterocycles. The zero-order valence-electron chi connectivity index (χ0n) is 11.9. The molecule has 0 fully saturated rings. The molecule has 0 aliphatic heterocycles. The summed E-state index contributed by atoms with van der Waals surface area (Å²) >= 11 is 1.43. The van der Waals surface area contributed by atoms with E-state index in [0.29, 0.717) is 11.7 Å². The van der Waals surface area contributed by atoms with Gasteiger partial charge in [-0.1, -0.05) is 12.1 Å². The van der Waals surface area contributed by atoms with Crippen molar-refractivity contribution in [1.29, 1.82) is 0 Å². The third-order valence-electron chi connectivity index (χ3n) is 3.11. The van der Waals surface area contributed by atoms with Crippen molar-refractivity contribution < 1.29 is 4.79 Å². The summed E-state index contributed by atoms with van der Waals surface area (Å²) in [4.78, 5) is 17.5. The Balaban J connectivity index is 1.44. The topological polar surface area (TPSA) is 98.7 Å². The maximum absolute atomic E-state index is 11.9. The number of rotatable bonds is 6. The first-order valence-corrected chi connectivity index (χ1v) is 7.85. The normalized spacial score (nSPS) is 10.9. The van der Waals surface area contributed by atoms with Crippen LogP contribution in [0, 0.1) is 0 Å². The molecule has 1 amide bonds. The van der Waals surface area contributed by atoms with Gasteiger partial charge in [-0.2, -0.15) is 15.0 Å². The quantitative estimate of drug-likeness (QED) is 0.666. The van der Waals surface area contributed by atoms with Crippen LogP contribution in [0.25, 0.3) is 11.0 Å². The molecule has 0 aliphatic rings. The number of amides is 1. The van der Waals surface area contributed by atoms with Crippen molar-refractivity contribution in [1.82, 2.24) is 25.3 Å². The number of nitrogen functional groups attached to an aromatic ring is 1. The highest BCUT2D eigenvalue weighted by Gasteiger charge is 2.06. The van der Waals surface area contributed by atoms with Crippen molar-refractivity contribution >= 4 is 33.4 Å². The van der Waals surface area contributed by atoms with Crippen LogP contribution in [-0.2, 0) is 17.8 Å². The van der Waals surface area contributed by atoms with E-state index in [1.165, 1.54) is 16.1 Å². The molecule has 2 heterocycles. The average Bonchev–Trinajstić information content (AvgIpc) is 3.09. The minimum absolute atomic E-state index is 0.0990. The molecular formula is C14H16N6OS. The minimum atomic E-state index is -0.0990. The molecule has 0 aliphatic carbocycles. The lowest BCUT2D eigenvalue weighted by Crippen LogP contribution is -2.29. The van der Waals surface area contributed by atoms with Gasteiger partial charge >= 0.3 is 0 Å². The molecule has 0 spiro atoms. The molecular weight excluding hydrogens is 300 g/mol. The van der Waals surface area contributed by atoms with E-state index in [9.17, 15) is 4.79 Å². The molecule has 3 aromatic rings. The van der Waals surface area contributed by atoms with Crippen molar-refractivity contribution in [2.45, 2.75) is 19.4 Å². The number of nitrogens with one attached hydrogen (secondary N) is 1. The maximum Gasteiger partial charge on any atom is 0.243 e. The fourth-order valence-electron chi connectivity index (χ4n) is 2.09. The molecule has 0 radical (unpaired) electrons. The maximum atomic E-state index is 11.9. The molecule has 0 saturated carbocycles. The Bertz CT molecular complexity index is 747. The van der Waals surface area contributed by atoms with Gasteiger partial charge < -0.3 is 11.1 Å². The highest BCUT2D eigenvalue weighted by molar-refractivity contribution is 7.13. The highest BCUT2D eigenvalue weighted by Crippen LogP contribution is 2.12. The number of carbonyl (C=O) groups is 1. The monoisotopic (exact) mass is 316 g/mol. The average molecular weight is 316 g/mol. The third kappa shape index (κ3) is 3.59. The fraction of sp³-hybridized carbons (Fsp3) is 0.286. The summed E-state index contributed by atoms with van der Waals surface area (Å²) in [5, 5.41) is 13.9. The number of anilines is 1. The molecule has 0 bridgehead atoms. The van der Waals surface area contributed by atoms with Crippen LogP contribution in [0.3, 0.4) is 0 Å². The van der Waals surface area contributed by atoms with Crippen LogP contribution < -0.4 is 11.1 Å². The van der Waals surface area contributed by atoms with Gasteiger partial charge in [0.1, 0.15) is 17.6 Å². The lowest BCUT2D eigenvalue weighted by Gasteiger charge is -2.03. The van der Waals surface area contributed by atoms with E-state index >= 15 is 0 Å². The van der Waals surface area contributed by atoms with Crippen LogP contribution in [0.15, 0.2) is 29.6 Å². The fourth-order valence-corrected chi connectivity index (χ4v) is 2.69. The summed E-state index contributed by atoms with van der Waals surface area (Å²) in [5.41, 5.74) is 8.12. The number of fused-ring (bicyclic) bond motifs is 1. The second-order valence-corrected chi connectivity index (χ2v) is 5.74. The van der Waals surface area contributed by atoms with E-state index in [0.717, 1.165) is 29.6 Å². The van der Waals surface area contributed by atoms with Crippen molar-refractivity contribution in [3.63, 3.8) is 0 Å². The number of hydrogen-bond donors (Lipinski definition) is 2. The summed E-state index contributed by atoms with van der Waals surface area (Å²) in [6, 6.07) is 7.53. The summed E-state index contributed by atoms with van der Waals surface area (Å²) in [6.45, 7) is 0.718. The second-order valence-electron chi connectivity index (χ2n) is 4.85. The van der Waals surface area contributed by atoms with E-state index in [4.69, 9.17) is 5.73 Å². The van der Waals surface area contributed by atoms with Gasteiger partial charge in [0.2, 0.25) is 5.91 Å². The van der Waals surface area contributed by atoms with Gasteiger partial charge in [0.05, 0.1) is 5.69 Å². The van der Waals surface area contributed by atoms with Crippen LogP contribution in [0.1, 0.15) is 12.1 Å². The van der Waals surface area contributed by atoms with Gasteiger partial charge in [-0.3, -0.25) is 4.79 Å². The van der Waals surface area contributed by atoms with Gasteiger partial charge in [0.25, 0.3) is 0 Å². The van der Waals surface area contributed by atoms with Crippen molar-refractivity contribution in [2.24, 2.45) is 0 Å². The number of aryl methyl sites for hydroxylation is 1. The van der Waals surface area contributed by atoms with Crippen molar-refractivity contribution in [2.75, 3.05) is 12.3 Å². The first kappa shape index (κ1) is 14.5. The van der Waals surface area contributed by atoms with Crippen molar-refractivity contribution in [3.05, 3.63) is 35.3 Å². The van der Waals surface area contributed by atoms with Gasteiger partial charge in [-0.15, -0.1) is 11.3 Å². The predicted molar refractivity (Wildman–Crippen MR) is 85.4 cm³/mol. The number of nitrogens with zero attached hydrogens (tertiary/aromatic N) is 4. The number of hydrogen-bond acceptors (Lipinski definition) is 6. The molecule has 7 nitrogen and oxygen atoms in total. The Morgan fingerprint density at radius 2 is 2.00 bits per heavy atom. The summed E-state index contributed by atoms with van der Waals surface area (Å²) in [7, 11) is 0. The minimum Gasteiger partial charge on any atom is -0.375 e. The van der Waals surface area contributed by atoms with Crippen molar-refractivity contribution in [3.8, 4) is 0 Å². The second kappa shape index (κ2) is 6.52. The Morgan fingerprint density at radius 1 is 1.27 bits per heavy atom. The van der Waals surface area contributed by atoms with Gasteiger partial charge in [0, 0.05) is 11.9 Å². The van der Waals surface area contributed by atoms with E-state index in [-0.39, 0.29) is 12.5 Å². The zero-order chi connectivity index (χ0) is 15.4. The molecule has 3 rings (SSSR count). The Morgan fingerprint density at radius 3 is 2.64 bits per heavy atom. The van der Waals surface area contributed by atoms with Crippen LogP contribution in [0.2, 0.25) is 0 Å². The standard InChI is InChI=1S/C14H16N6OS/c15-14-17-10(9-22-14)4-3-7-16-13(21)8-20-18-11-5-1-2-6-12(11)19-20/h1-2,5-6,9H,3-4,7-8H2,(H2,15,17)(H,16,21). The number of nitrogens with two attached hydrogens (primary N) is 1. The SMILES string of the molecule is Nc1nc(CCCNC(=O)Cn2nc3ccccc3n2)cs1. The third-order valence-corrected chi connectivity index (χ3v) is 3.84.